The molecule has 0 radical (unpaired) electrons. The molecule has 1 amide bonds. The van der Waals surface area contributed by atoms with E-state index in [1.165, 1.54) is 0 Å². The van der Waals surface area contributed by atoms with Gasteiger partial charge in [-0.05, 0) is 25.5 Å². The Labute approximate surface area is 101 Å². The summed E-state index contributed by atoms with van der Waals surface area (Å²) in [5, 5.41) is 11.8. The van der Waals surface area contributed by atoms with Crippen LogP contribution in [-0.4, -0.2) is 18.5 Å². The standard InChI is InChI=1S/C13H15N3O/c1-3-9(2)16-8-12(17)15-13-10(7-14)5-4-6-11(13)16/h4-6,9H,3,8H2,1-2H3,(H,15,17). The lowest BCUT2D eigenvalue weighted by Crippen LogP contribution is -2.43. The minimum absolute atomic E-state index is 0.0551. The highest BCUT2D eigenvalue weighted by Crippen LogP contribution is 2.33. The zero-order valence-electron chi connectivity index (χ0n) is 10.0. The number of amides is 1. The third-order valence-electron chi connectivity index (χ3n) is 3.17. The van der Waals surface area contributed by atoms with Crippen LogP contribution in [0.25, 0.3) is 0 Å². The molecule has 0 aliphatic carbocycles. The first-order chi connectivity index (χ1) is 8.17. The van der Waals surface area contributed by atoms with Crippen LogP contribution < -0.4 is 10.2 Å². The summed E-state index contributed by atoms with van der Waals surface area (Å²) in [5.74, 6) is -0.0551. The Hall–Kier alpha value is -2.02. The van der Waals surface area contributed by atoms with Crippen LogP contribution in [0.5, 0.6) is 0 Å². The first-order valence-electron chi connectivity index (χ1n) is 5.77. The first kappa shape index (κ1) is 11.5. The molecule has 17 heavy (non-hydrogen) atoms. The number of fused-ring (bicyclic) bond motifs is 1. The molecule has 0 saturated carbocycles. The van der Waals surface area contributed by atoms with Crippen molar-refractivity contribution in [2.45, 2.75) is 26.3 Å². The van der Waals surface area contributed by atoms with E-state index in [2.05, 4.69) is 30.1 Å². The Balaban J connectivity index is 2.51. The van der Waals surface area contributed by atoms with Gasteiger partial charge < -0.3 is 10.2 Å². The molecule has 88 valence electrons. The summed E-state index contributed by atoms with van der Waals surface area (Å²) in [5.41, 5.74) is 2.11. The zero-order chi connectivity index (χ0) is 12.4. The average molecular weight is 229 g/mol. The highest BCUT2D eigenvalue weighted by molar-refractivity contribution is 6.02. The summed E-state index contributed by atoms with van der Waals surface area (Å²) in [4.78, 5) is 13.7. The van der Waals surface area contributed by atoms with Crippen molar-refractivity contribution in [1.82, 2.24) is 0 Å². The quantitative estimate of drug-likeness (QED) is 0.845. The number of carbonyl (C=O) groups is 1. The highest BCUT2D eigenvalue weighted by Gasteiger charge is 2.26. The van der Waals surface area contributed by atoms with E-state index in [0.717, 1.165) is 12.1 Å². The molecule has 0 fully saturated rings. The molecule has 0 saturated heterocycles. The number of nitrogens with zero attached hydrogens (tertiary/aromatic N) is 2. The molecule has 1 N–H and O–H groups in total. The summed E-state index contributed by atoms with van der Waals surface area (Å²) in [7, 11) is 0. The molecule has 1 atom stereocenters. The molecule has 1 aromatic rings. The van der Waals surface area contributed by atoms with Gasteiger partial charge in [0.2, 0.25) is 5.91 Å². The lowest BCUT2D eigenvalue weighted by molar-refractivity contribution is -0.115. The van der Waals surface area contributed by atoms with Crippen molar-refractivity contribution in [3.05, 3.63) is 23.8 Å². The van der Waals surface area contributed by atoms with Gasteiger partial charge in [0.15, 0.2) is 0 Å². The van der Waals surface area contributed by atoms with Crippen LogP contribution in [0.2, 0.25) is 0 Å². The van der Waals surface area contributed by atoms with E-state index in [0.29, 0.717) is 17.8 Å². The maximum Gasteiger partial charge on any atom is 0.243 e. The number of carbonyl (C=O) groups excluding carboxylic acids is 1. The smallest absolute Gasteiger partial charge is 0.243 e. The van der Waals surface area contributed by atoms with Crippen molar-refractivity contribution in [2.75, 3.05) is 16.8 Å². The highest BCUT2D eigenvalue weighted by atomic mass is 16.2. The fourth-order valence-corrected chi connectivity index (χ4v) is 2.04. The predicted molar refractivity (Wildman–Crippen MR) is 66.9 cm³/mol. The number of rotatable bonds is 2. The van der Waals surface area contributed by atoms with E-state index in [9.17, 15) is 4.79 Å². The minimum atomic E-state index is -0.0551. The zero-order valence-corrected chi connectivity index (χ0v) is 10.0. The molecule has 1 aromatic carbocycles. The molecule has 0 bridgehead atoms. The lowest BCUT2D eigenvalue weighted by Gasteiger charge is -2.35. The van der Waals surface area contributed by atoms with Gasteiger partial charge in [-0.2, -0.15) is 5.26 Å². The van der Waals surface area contributed by atoms with E-state index < -0.39 is 0 Å². The molecule has 1 aliphatic heterocycles. The maximum absolute atomic E-state index is 11.7. The van der Waals surface area contributed by atoms with E-state index in [1.54, 1.807) is 6.07 Å². The molecule has 1 unspecified atom stereocenters. The Morgan fingerprint density at radius 2 is 2.35 bits per heavy atom. The molecular weight excluding hydrogens is 214 g/mol. The Kier molecular flexibility index (Phi) is 3.01. The number of anilines is 2. The van der Waals surface area contributed by atoms with Gasteiger partial charge in [-0.1, -0.05) is 13.0 Å². The van der Waals surface area contributed by atoms with Gasteiger partial charge in [-0.3, -0.25) is 4.79 Å². The number of hydrogen-bond acceptors (Lipinski definition) is 3. The Morgan fingerprint density at radius 1 is 1.59 bits per heavy atom. The summed E-state index contributed by atoms with van der Waals surface area (Å²) in [6, 6.07) is 7.92. The fraction of sp³-hybridized carbons (Fsp3) is 0.385. The van der Waals surface area contributed by atoms with Crippen molar-refractivity contribution < 1.29 is 4.79 Å². The van der Waals surface area contributed by atoms with Gasteiger partial charge in [-0.15, -0.1) is 0 Å². The van der Waals surface area contributed by atoms with Crippen molar-refractivity contribution in [1.29, 1.82) is 5.26 Å². The van der Waals surface area contributed by atoms with Crippen molar-refractivity contribution in [2.24, 2.45) is 0 Å². The lowest BCUT2D eigenvalue weighted by atomic mass is 10.1. The largest absolute Gasteiger partial charge is 0.358 e. The number of nitriles is 1. The third-order valence-corrected chi connectivity index (χ3v) is 3.17. The molecule has 4 heteroatoms. The second kappa shape index (κ2) is 4.46. The van der Waals surface area contributed by atoms with Crippen LogP contribution in [-0.2, 0) is 4.79 Å². The van der Waals surface area contributed by atoms with Crippen molar-refractivity contribution in [3.8, 4) is 6.07 Å². The summed E-state index contributed by atoms with van der Waals surface area (Å²) in [6.07, 6.45) is 0.962. The molecular formula is C13H15N3O. The summed E-state index contributed by atoms with van der Waals surface area (Å²) >= 11 is 0. The maximum atomic E-state index is 11.7. The monoisotopic (exact) mass is 229 g/mol. The van der Waals surface area contributed by atoms with E-state index in [4.69, 9.17) is 5.26 Å². The van der Waals surface area contributed by atoms with Gasteiger partial charge in [0, 0.05) is 6.04 Å². The van der Waals surface area contributed by atoms with Crippen LogP contribution in [0, 0.1) is 11.3 Å². The summed E-state index contributed by atoms with van der Waals surface area (Å²) in [6.45, 7) is 4.53. The number of hydrogen-bond donors (Lipinski definition) is 1. The van der Waals surface area contributed by atoms with Gasteiger partial charge in [-0.25, -0.2) is 0 Å². The van der Waals surface area contributed by atoms with Crippen LogP contribution in [0.1, 0.15) is 25.8 Å². The molecule has 1 heterocycles. The van der Waals surface area contributed by atoms with Gasteiger partial charge in [0.05, 0.1) is 23.5 Å². The predicted octanol–water partition coefficient (Wildman–Crippen LogP) is 2.12. The molecule has 2 rings (SSSR count). The van der Waals surface area contributed by atoms with Crippen LogP contribution >= 0.6 is 0 Å². The van der Waals surface area contributed by atoms with Crippen molar-refractivity contribution >= 4 is 17.3 Å². The Bertz CT molecular complexity index is 490. The second-order valence-electron chi connectivity index (χ2n) is 4.24. The normalized spacial score (nSPS) is 15.8. The van der Waals surface area contributed by atoms with Gasteiger partial charge >= 0.3 is 0 Å². The SMILES string of the molecule is CCC(C)N1CC(=O)Nc2c(C#N)cccc21. The van der Waals surface area contributed by atoms with E-state index in [-0.39, 0.29) is 11.9 Å². The first-order valence-corrected chi connectivity index (χ1v) is 5.77. The molecule has 1 aliphatic rings. The topological polar surface area (TPSA) is 56.1 Å². The number of benzene rings is 1. The van der Waals surface area contributed by atoms with Crippen LogP contribution in [0.4, 0.5) is 11.4 Å². The minimum Gasteiger partial charge on any atom is -0.358 e. The Morgan fingerprint density at radius 3 is 3.00 bits per heavy atom. The second-order valence-corrected chi connectivity index (χ2v) is 4.24. The average Bonchev–Trinajstić information content (AvgIpc) is 2.36. The molecule has 0 aromatic heterocycles. The molecule has 4 nitrogen and oxygen atoms in total. The number of para-hydroxylation sites is 1. The fourth-order valence-electron chi connectivity index (χ4n) is 2.04. The van der Waals surface area contributed by atoms with E-state index >= 15 is 0 Å². The van der Waals surface area contributed by atoms with Gasteiger partial charge in [0.1, 0.15) is 6.07 Å². The van der Waals surface area contributed by atoms with E-state index in [1.807, 2.05) is 12.1 Å². The molecule has 0 spiro atoms. The van der Waals surface area contributed by atoms with Crippen LogP contribution in [0.3, 0.4) is 0 Å². The number of nitrogens with one attached hydrogen (secondary N) is 1. The summed E-state index contributed by atoms with van der Waals surface area (Å²) < 4.78 is 0. The van der Waals surface area contributed by atoms with Crippen LogP contribution in [0.15, 0.2) is 18.2 Å². The van der Waals surface area contributed by atoms with Gasteiger partial charge in [0.25, 0.3) is 0 Å². The van der Waals surface area contributed by atoms with Crippen molar-refractivity contribution in [3.63, 3.8) is 0 Å². The third kappa shape index (κ3) is 1.96.